The Morgan fingerprint density at radius 1 is 1.03 bits per heavy atom. The number of piperazine rings is 1. The molecule has 3 aliphatic rings. The number of aryl methyl sites for hydroxylation is 1. The van der Waals surface area contributed by atoms with E-state index >= 15 is 0 Å². The van der Waals surface area contributed by atoms with Crippen molar-refractivity contribution in [3.63, 3.8) is 0 Å². The molecule has 2 heterocycles. The van der Waals surface area contributed by atoms with Crippen LogP contribution in [-0.2, 0) is 9.59 Å². The van der Waals surface area contributed by atoms with Crippen LogP contribution >= 0.6 is 0 Å². The Hall–Kier alpha value is -2.57. The number of benzene rings is 1. The SMILES string of the molecule is Cc1cccc(N2CCN(C(=O)CN3C(=O)NC4(CCCCC4)C3=O)CC2)c1C. The molecule has 4 amide bonds. The van der Waals surface area contributed by atoms with Crippen molar-refractivity contribution in [3.8, 4) is 0 Å². The fraction of sp³-hybridized carbons (Fsp3) is 0.591. The summed E-state index contributed by atoms with van der Waals surface area (Å²) in [5.41, 5.74) is 2.97. The Balaban J connectivity index is 1.36. The Labute approximate surface area is 172 Å². The summed E-state index contributed by atoms with van der Waals surface area (Å²) < 4.78 is 0. The Morgan fingerprint density at radius 2 is 1.72 bits per heavy atom. The topological polar surface area (TPSA) is 73.0 Å². The quantitative estimate of drug-likeness (QED) is 0.793. The van der Waals surface area contributed by atoms with E-state index in [1.807, 2.05) is 0 Å². The summed E-state index contributed by atoms with van der Waals surface area (Å²) >= 11 is 0. The van der Waals surface area contributed by atoms with Gasteiger partial charge < -0.3 is 15.1 Å². The fourth-order valence-corrected chi connectivity index (χ4v) is 4.82. The van der Waals surface area contributed by atoms with Gasteiger partial charge in [-0.1, -0.05) is 31.4 Å². The van der Waals surface area contributed by atoms with Crippen molar-refractivity contribution in [2.75, 3.05) is 37.6 Å². The molecule has 156 valence electrons. The van der Waals surface area contributed by atoms with Crippen LogP contribution in [0.2, 0.25) is 0 Å². The predicted molar refractivity (Wildman–Crippen MR) is 111 cm³/mol. The van der Waals surface area contributed by atoms with E-state index in [-0.39, 0.29) is 18.4 Å². The lowest BCUT2D eigenvalue weighted by molar-refractivity contribution is -0.139. The van der Waals surface area contributed by atoms with Crippen LogP contribution in [0.15, 0.2) is 18.2 Å². The third-order valence-corrected chi connectivity index (χ3v) is 6.80. The van der Waals surface area contributed by atoms with Gasteiger partial charge in [-0.15, -0.1) is 0 Å². The highest BCUT2D eigenvalue weighted by atomic mass is 16.2. The minimum atomic E-state index is -0.767. The number of amides is 4. The average Bonchev–Trinajstić information content (AvgIpc) is 2.94. The van der Waals surface area contributed by atoms with Gasteiger partial charge in [0.25, 0.3) is 5.91 Å². The molecule has 0 unspecified atom stereocenters. The van der Waals surface area contributed by atoms with Gasteiger partial charge in [-0.3, -0.25) is 14.5 Å². The molecule has 0 atom stereocenters. The molecule has 0 bridgehead atoms. The number of anilines is 1. The normalized spacial score (nSPS) is 21.7. The molecule has 1 N–H and O–H groups in total. The molecule has 7 heteroatoms. The van der Waals surface area contributed by atoms with Crippen LogP contribution < -0.4 is 10.2 Å². The van der Waals surface area contributed by atoms with Gasteiger partial charge >= 0.3 is 6.03 Å². The molecule has 4 rings (SSSR count). The monoisotopic (exact) mass is 398 g/mol. The number of rotatable bonds is 3. The van der Waals surface area contributed by atoms with Gasteiger partial charge in [0.05, 0.1) is 0 Å². The summed E-state index contributed by atoms with van der Waals surface area (Å²) in [6.07, 6.45) is 4.32. The lowest BCUT2D eigenvalue weighted by atomic mass is 9.82. The number of hydrogen-bond acceptors (Lipinski definition) is 4. The molecule has 1 spiro atoms. The van der Waals surface area contributed by atoms with Crippen molar-refractivity contribution in [1.82, 2.24) is 15.1 Å². The van der Waals surface area contributed by atoms with Gasteiger partial charge in [-0.2, -0.15) is 0 Å². The van der Waals surface area contributed by atoms with E-state index in [4.69, 9.17) is 0 Å². The van der Waals surface area contributed by atoms with Crippen LogP contribution in [0.25, 0.3) is 0 Å². The molecule has 0 radical (unpaired) electrons. The highest BCUT2D eigenvalue weighted by molar-refractivity contribution is 6.09. The number of nitrogens with zero attached hydrogens (tertiary/aromatic N) is 3. The van der Waals surface area contributed by atoms with Gasteiger partial charge in [0.2, 0.25) is 5.91 Å². The summed E-state index contributed by atoms with van der Waals surface area (Å²) in [7, 11) is 0. The first-order valence-electron chi connectivity index (χ1n) is 10.6. The predicted octanol–water partition coefficient (Wildman–Crippen LogP) is 2.21. The van der Waals surface area contributed by atoms with E-state index in [2.05, 4.69) is 42.3 Å². The van der Waals surface area contributed by atoms with Crippen LogP contribution in [-0.4, -0.2) is 65.9 Å². The summed E-state index contributed by atoms with van der Waals surface area (Å²) in [5, 5.41) is 2.88. The number of nitrogens with one attached hydrogen (secondary N) is 1. The van der Waals surface area contributed by atoms with E-state index in [1.165, 1.54) is 16.8 Å². The Morgan fingerprint density at radius 3 is 2.41 bits per heavy atom. The van der Waals surface area contributed by atoms with Gasteiger partial charge in [0, 0.05) is 31.9 Å². The lowest BCUT2D eigenvalue weighted by Gasteiger charge is -2.37. The molecule has 1 aromatic rings. The molecule has 0 aromatic heterocycles. The van der Waals surface area contributed by atoms with Crippen LogP contribution in [0.5, 0.6) is 0 Å². The zero-order valence-corrected chi connectivity index (χ0v) is 17.4. The third-order valence-electron chi connectivity index (χ3n) is 6.80. The summed E-state index contributed by atoms with van der Waals surface area (Å²) in [6.45, 7) is 6.77. The molecule has 29 heavy (non-hydrogen) atoms. The number of urea groups is 1. The van der Waals surface area contributed by atoms with Crippen LogP contribution in [0.4, 0.5) is 10.5 Å². The van der Waals surface area contributed by atoms with Crippen LogP contribution in [0.3, 0.4) is 0 Å². The van der Waals surface area contributed by atoms with Crippen LogP contribution in [0.1, 0.15) is 43.2 Å². The minimum absolute atomic E-state index is 0.151. The second-order valence-corrected chi connectivity index (χ2v) is 8.55. The zero-order chi connectivity index (χ0) is 20.6. The van der Waals surface area contributed by atoms with Gasteiger partial charge in [-0.05, 0) is 43.9 Å². The molecular weight excluding hydrogens is 368 g/mol. The van der Waals surface area contributed by atoms with Crippen molar-refractivity contribution in [2.24, 2.45) is 0 Å². The molecule has 1 aromatic carbocycles. The largest absolute Gasteiger partial charge is 0.368 e. The second kappa shape index (κ2) is 7.69. The minimum Gasteiger partial charge on any atom is -0.368 e. The zero-order valence-electron chi connectivity index (χ0n) is 17.4. The number of hydrogen-bond donors (Lipinski definition) is 1. The fourth-order valence-electron chi connectivity index (χ4n) is 4.82. The smallest absolute Gasteiger partial charge is 0.325 e. The molecule has 1 saturated carbocycles. The molecule has 2 saturated heterocycles. The van der Waals surface area contributed by atoms with E-state index in [0.29, 0.717) is 25.9 Å². The maximum absolute atomic E-state index is 12.9. The maximum atomic E-state index is 12.9. The van der Waals surface area contributed by atoms with Gasteiger partial charge in [0.15, 0.2) is 0 Å². The lowest BCUT2D eigenvalue weighted by Crippen LogP contribution is -2.52. The van der Waals surface area contributed by atoms with Crippen molar-refractivity contribution in [2.45, 2.75) is 51.5 Å². The van der Waals surface area contributed by atoms with Crippen molar-refractivity contribution >= 4 is 23.5 Å². The average molecular weight is 399 g/mol. The number of carbonyl (C=O) groups excluding carboxylic acids is 3. The first-order chi connectivity index (χ1) is 13.9. The number of carbonyl (C=O) groups is 3. The highest BCUT2D eigenvalue weighted by Gasteiger charge is 2.51. The van der Waals surface area contributed by atoms with E-state index < -0.39 is 11.6 Å². The Bertz CT molecular complexity index is 823. The van der Waals surface area contributed by atoms with Crippen molar-refractivity contribution < 1.29 is 14.4 Å². The summed E-state index contributed by atoms with van der Waals surface area (Å²) in [4.78, 5) is 43.3. The molecule has 2 aliphatic heterocycles. The van der Waals surface area contributed by atoms with Crippen LogP contribution in [0, 0.1) is 13.8 Å². The summed E-state index contributed by atoms with van der Waals surface area (Å²) in [6, 6.07) is 5.87. The van der Waals surface area contributed by atoms with Crippen molar-refractivity contribution in [3.05, 3.63) is 29.3 Å². The Kier molecular flexibility index (Phi) is 5.23. The third kappa shape index (κ3) is 3.58. The van der Waals surface area contributed by atoms with Gasteiger partial charge in [0.1, 0.15) is 12.1 Å². The van der Waals surface area contributed by atoms with E-state index in [9.17, 15) is 14.4 Å². The van der Waals surface area contributed by atoms with E-state index in [0.717, 1.165) is 37.3 Å². The second-order valence-electron chi connectivity index (χ2n) is 8.55. The first-order valence-corrected chi connectivity index (χ1v) is 10.6. The first kappa shape index (κ1) is 19.7. The molecular formula is C22H30N4O3. The van der Waals surface area contributed by atoms with E-state index in [1.54, 1.807) is 4.90 Å². The van der Waals surface area contributed by atoms with Crippen molar-refractivity contribution in [1.29, 1.82) is 0 Å². The molecule has 3 fully saturated rings. The molecule has 1 aliphatic carbocycles. The summed E-state index contributed by atoms with van der Waals surface area (Å²) in [5.74, 6) is -0.369. The highest BCUT2D eigenvalue weighted by Crippen LogP contribution is 2.33. The standard InChI is InChI=1S/C22H30N4O3/c1-16-7-6-8-18(17(16)2)24-11-13-25(14-12-24)19(27)15-26-20(28)22(23-21(26)29)9-4-3-5-10-22/h6-8H,3-5,9-15H2,1-2H3,(H,23,29). The molecule has 7 nitrogen and oxygen atoms in total. The van der Waals surface area contributed by atoms with Gasteiger partial charge in [-0.25, -0.2) is 4.79 Å². The maximum Gasteiger partial charge on any atom is 0.325 e. The number of imide groups is 1.